The van der Waals surface area contributed by atoms with Gasteiger partial charge >= 0.3 is 0 Å². The van der Waals surface area contributed by atoms with Crippen molar-refractivity contribution in [2.24, 2.45) is 5.92 Å². The molecule has 8 heteroatoms. The van der Waals surface area contributed by atoms with Gasteiger partial charge in [0.25, 0.3) is 0 Å². The molecule has 1 aromatic rings. The fourth-order valence-corrected chi connectivity index (χ4v) is 3.76. The number of nitrogens with zero attached hydrogens (tertiary/aromatic N) is 1. The molecule has 0 bridgehead atoms. The summed E-state index contributed by atoms with van der Waals surface area (Å²) in [6.07, 6.45) is 0.164. The zero-order valence-electron chi connectivity index (χ0n) is 10.7. The zero-order chi connectivity index (χ0) is 14.9. The van der Waals surface area contributed by atoms with Crippen LogP contribution in [0.4, 0.5) is 5.69 Å². The van der Waals surface area contributed by atoms with Gasteiger partial charge in [-0.15, -0.1) is 0 Å². The second-order valence-electron chi connectivity index (χ2n) is 4.60. The average Bonchev–Trinajstić information content (AvgIpc) is 2.68. The van der Waals surface area contributed by atoms with Crippen LogP contribution < -0.4 is 9.64 Å². The van der Waals surface area contributed by atoms with E-state index in [4.69, 9.17) is 27.0 Å². The predicted molar refractivity (Wildman–Crippen MR) is 78.1 cm³/mol. The van der Waals surface area contributed by atoms with Gasteiger partial charge < -0.3 is 9.64 Å². The fraction of sp³-hybridized carbons (Fsp3) is 0.417. The van der Waals surface area contributed by atoms with Crippen LogP contribution in [-0.2, 0) is 13.8 Å². The van der Waals surface area contributed by atoms with Crippen LogP contribution in [-0.4, -0.2) is 33.7 Å². The monoisotopic (exact) mass is 337 g/mol. The van der Waals surface area contributed by atoms with Crippen molar-refractivity contribution >= 4 is 42.9 Å². The Kier molecular flexibility index (Phi) is 4.46. The number of halogens is 2. The highest BCUT2D eigenvalue weighted by Crippen LogP contribution is 2.32. The van der Waals surface area contributed by atoms with Crippen LogP contribution in [0.1, 0.15) is 6.42 Å². The lowest BCUT2D eigenvalue weighted by Crippen LogP contribution is -2.25. The maximum Gasteiger partial charge on any atom is 0.232 e. The third-order valence-electron chi connectivity index (χ3n) is 3.09. The van der Waals surface area contributed by atoms with Gasteiger partial charge in [-0.2, -0.15) is 0 Å². The van der Waals surface area contributed by atoms with Gasteiger partial charge in [-0.1, -0.05) is 11.6 Å². The molecule has 20 heavy (non-hydrogen) atoms. The van der Waals surface area contributed by atoms with Crippen molar-refractivity contribution in [3.05, 3.63) is 23.2 Å². The molecule has 1 heterocycles. The lowest BCUT2D eigenvalue weighted by Gasteiger charge is -2.17. The van der Waals surface area contributed by atoms with Crippen LogP contribution in [0.15, 0.2) is 18.2 Å². The fourth-order valence-electron chi connectivity index (χ4n) is 2.24. The molecule has 1 atom stereocenters. The minimum absolute atomic E-state index is 0.139. The van der Waals surface area contributed by atoms with Gasteiger partial charge in [0.05, 0.1) is 17.9 Å². The first-order valence-corrected chi connectivity index (χ1v) is 8.72. The van der Waals surface area contributed by atoms with Crippen molar-refractivity contribution in [3.63, 3.8) is 0 Å². The number of rotatable bonds is 4. The van der Waals surface area contributed by atoms with E-state index in [0.717, 1.165) is 0 Å². The molecule has 110 valence electrons. The summed E-state index contributed by atoms with van der Waals surface area (Å²) < 4.78 is 27.3. The molecule has 0 saturated carbocycles. The third-order valence-corrected chi connectivity index (χ3v) is 4.65. The first kappa shape index (κ1) is 15.4. The van der Waals surface area contributed by atoms with E-state index < -0.39 is 9.05 Å². The van der Waals surface area contributed by atoms with Crippen molar-refractivity contribution < 1.29 is 17.9 Å². The first-order chi connectivity index (χ1) is 9.30. The molecule has 0 radical (unpaired) electrons. The van der Waals surface area contributed by atoms with E-state index in [9.17, 15) is 13.2 Å². The van der Waals surface area contributed by atoms with E-state index in [0.29, 0.717) is 23.0 Å². The summed E-state index contributed by atoms with van der Waals surface area (Å²) in [5, 5.41) is 0.447. The topological polar surface area (TPSA) is 63.7 Å². The number of anilines is 1. The molecule has 0 spiro atoms. The molecule has 1 saturated heterocycles. The molecule has 0 aromatic heterocycles. The van der Waals surface area contributed by atoms with Gasteiger partial charge in [-0.25, -0.2) is 8.42 Å². The summed E-state index contributed by atoms with van der Waals surface area (Å²) in [5.41, 5.74) is 0.630. The molecular weight excluding hydrogens is 325 g/mol. The SMILES string of the molecule is COc1cc(N2CC(CS(=O)(=O)Cl)CC2=O)ccc1Cl. The summed E-state index contributed by atoms with van der Waals surface area (Å²) in [6.45, 7) is 0.315. The lowest BCUT2D eigenvalue weighted by atomic mass is 10.1. The first-order valence-electron chi connectivity index (χ1n) is 5.86. The minimum Gasteiger partial charge on any atom is -0.495 e. The van der Waals surface area contributed by atoms with Gasteiger partial charge in [-0.3, -0.25) is 4.79 Å². The van der Waals surface area contributed by atoms with Crippen LogP contribution >= 0.6 is 22.3 Å². The summed E-state index contributed by atoms with van der Waals surface area (Å²) in [7, 11) is 3.11. The number of amides is 1. The van der Waals surface area contributed by atoms with Gasteiger partial charge in [0.1, 0.15) is 5.75 Å². The largest absolute Gasteiger partial charge is 0.495 e. The van der Waals surface area contributed by atoms with Crippen molar-refractivity contribution in [1.29, 1.82) is 0 Å². The van der Waals surface area contributed by atoms with Crippen molar-refractivity contribution in [1.82, 2.24) is 0 Å². The molecule has 0 aliphatic carbocycles. The molecule has 1 unspecified atom stereocenters. The summed E-state index contributed by atoms with van der Waals surface area (Å²) in [4.78, 5) is 13.5. The Labute approximate surface area is 126 Å². The summed E-state index contributed by atoms with van der Waals surface area (Å²) >= 11 is 5.93. The number of carbonyl (C=O) groups is 1. The maximum atomic E-state index is 12.0. The second kappa shape index (κ2) is 5.79. The Morgan fingerprint density at radius 2 is 2.15 bits per heavy atom. The number of ether oxygens (including phenoxy) is 1. The molecule has 1 aliphatic heterocycles. The zero-order valence-corrected chi connectivity index (χ0v) is 13.0. The number of methoxy groups -OCH3 is 1. The van der Waals surface area contributed by atoms with Crippen LogP contribution in [0.2, 0.25) is 5.02 Å². The maximum absolute atomic E-state index is 12.0. The summed E-state index contributed by atoms with van der Waals surface area (Å²) in [5.74, 6) is -0.182. The standard InChI is InChI=1S/C12H13Cl2NO4S/c1-19-11-5-9(2-3-10(11)13)15-6-8(4-12(15)16)7-20(14,17)18/h2-3,5,8H,4,6-7H2,1H3. The number of carbonyl (C=O) groups excluding carboxylic acids is 1. The highest BCUT2D eigenvalue weighted by Gasteiger charge is 2.33. The van der Waals surface area contributed by atoms with Crippen LogP contribution in [0.3, 0.4) is 0 Å². The number of hydrogen-bond donors (Lipinski definition) is 0. The van der Waals surface area contributed by atoms with Gasteiger partial charge in [0.15, 0.2) is 0 Å². The Bertz CT molecular complexity index is 632. The molecular formula is C12H13Cl2NO4S. The van der Waals surface area contributed by atoms with Gasteiger partial charge in [-0.05, 0) is 12.1 Å². The minimum atomic E-state index is -3.61. The van der Waals surface area contributed by atoms with Gasteiger partial charge in [0.2, 0.25) is 15.0 Å². The molecule has 1 amide bonds. The third kappa shape index (κ3) is 3.56. The van der Waals surface area contributed by atoms with E-state index in [-0.39, 0.29) is 24.0 Å². The molecule has 2 rings (SSSR count). The number of hydrogen-bond acceptors (Lipinski definition) is 4. The predicted octanol–water partition coefficient (Wildman–Crippen LogP) is 2.27. The quantitative estimate of drug-likeness (QED) is 0.790. The highest BCUT2D eigenvalue weighted by atomic mass is 35.7. The van der Waals surface area contributed by atoms with Crippen molar-refractivity contribution in [2.45, 2.75) is 6.42 Å². The van der Waals surface area contributed by atoms with Crippen LogP contribution in [0, 0.1) is 5.92 Å². The smallest absolute Gasteiger partial charge is 0.232 e. The Hall–Kier alpha value is -0.980. The van der Waals surface area contributed by atoms with Crippen molar-refractivity contribution in [2.75, 3.05) is 24.3 Å². The normalized spacial score (nSPS) is 19.4. The Balaban J connectivity index is 2.20. The average molecular weight is 338 g/mol. The Morgan fingerprint density at radius 1 is 1.45 bits per heavy atom. The van der Waals surface area contributed by atoms with E-state index in [1.807, 2.05) is 0 Å². The van der Waals surface area contributed by atoms with E-state index >= 15 is 0 Å². The highest BCUT2D eigenvalue weighted by molar-refractivity contribution is 8.13. The number of benzene rings is 1. The van der Waals surface area contributed by atoms with E-state index in [1.165, 1.54) is 12.0 Å². The van der Waals surface area contributed by atoms with Gasteiger partial charge in [0, 0.05) is 41.3 Å². The Morgan fingerprint density at radius 3 is 2.75 bits per heavy atom. The van der Waals surface area contributed by atoms with Crippen molar-refractivity contribution in [3.8, 4) is 5.75 Å². The molecule has 5 nitrogen and oxygen atoms in total. The molecule has 0 N–H and O–H groups in total. The molecule has 1 aromatic carbocycles. The van der Waals surface area contributed by atoms with E-state index in [2.05, 4.69) is 0 Å². The van der Waals surface area contributed by atoms with E-state index in [1.54, 1.807) is 18.2 Å². The van der Waals surface area contributed by atoms with Crippen LogP contribution in [0.25, 0.3) is 0 Å². The second-order valence-corrected chi connectivity index (χ2v) is 7.83. The molecule has 1 fully saturated rings. The lowest BCUT2D eigenvalue weighted by molar-refractivity contribution is -0.117. The van der Waals surface area contributed by atoms with Crippen LogP contribution in [0.5, 0.6) is 5.75 Å². The summed E-state index contributed by atoms with van der Waals surface area (Å²) in [6, 6.07) is 4.98. The molecule has 1 aliphatic rings.